The molecule has 3 N–H and O–H groups in total. The van der Waals surface area contributed by atoms with Gasteiger partial charge in [0.05, 0.1) is 17.1 Å². The molecule has 3 heterocycles. The van der Waals surface area contributed by atoms with Crippen LogP contribution in [0.25, 0.3) is 16.8 Å². The van der Waals surface area contributed by atoms with E-state index in [1.807, 2.05) is 6.92 Å². The summed E-state index contributed by atoms with van der Waals surface area (Å²) in [5.74, 6) is -0.770. The van der Waals surface area contributed by atoms with Crippen molar-refractivity contribution in [2.75, 3.05) is 6.61 Å². The second-order valence-corrected chi connectivity index (χ2v) is 6.02. The molecule has 2 aromatic rings. The number of carbonyl (C=O) groups is 2. The zero-order valence-electron chi connectivity index (χ0n) is 14.2. The number of halogens is 1. The number of fused-ring (bicyclic) bond motifs is 1. The fourth-order valence-electron chi connectivity index (χ4n) is 3.20. The van der Waals surface area contributed by atoms with E-state index < -0.39 is 24.0 Å². The third kappa shape index (κ3) is 3.22. The van der Waals surface area contributed by atoms with Gasteiger partial charge in [-0.05, 0) is 36.2 Å². The lowest BCUT2D eigenvalue weighted by Gasteiger charge is -2.19. The molecule has 1 aliphatic rings. The van der Waals surface area contributed by atoms with Gasteiger partial charge in [-0.2, -0.15) is 0 Å². The molecule has 0 aliphatic carbocycles. The molecule has 3 unspecified atom stereocenters. The highest BCUT2D eigenvalue weighted by atomic mass is 19.1. The van der Waals surface area contributed by atoms with Crippen LogP contribution in [0.2, 0.25) is 0 Å². The van der Waals surface area contributed by atoms with E-state index in [9.17, 15) is 14.0 Å². The highest BCUT2D eigenvalue weighted by molar-refractivity contribution is 5.95. The summed E-state index contributed by atoms with van der Waals surface area (Å²) >= 11 is 0. The smallest absolute Gasteiger partial charge is 0.255 e. The van der Waals surface area contributed by atoms with Crippen LogP contribution in [0.1, 0.15) is 29.5 Å². The lowest BCUT2D eigenvalue weighted by molar-refractivity contribution is -0.123. The van der Waals surface area contributed by atoms with Crippen molar-refractivity contribution < 1.29 is 18.7 Å². The van der Waals surface area contributed by atoms with Crippen LogP contribution in [0.15, 0.2) is 24.5 Å². The number of carbonyl (C=O) groups excluding carboxylic acids is 2. The van der Waals surface area contributed by atoms with Crippen molar-refractivity contribution in [3.05, 3.63) is 35.9 Å². The van der Waals surface area contributed by atoms with Gasteiger partial charge in [-0.3, -0.25) is 9.59 Å². The topological polar surface area (TPSA) is 107 Å². The number of rotatable bonds is 6. The number of alkyl halides is 1. The summed E-state index contributed by atoms with van der Waals surface area (Å²) in [6, 6.07) is 2.92. The van der Waals surface area contributed by atoms with Gasteiger partial charge in [0.1, 0.15) is 12.3 Å². The zero-order chi connectivity index (χ0) is 18.7. The van der Waals surface area contributed by atoms with Crippen LogP contribution < -0.4 is 15.8 Å². The van der Waals surface area contributed by atoms with Crippen LogP contribution in [0.5, 0.6) is 5.88 Å². The molecule has 0 spiro atoms. The van der Waals surface area contributed by atoms with Crippen molar-refractivity contribution in [1.29, 1.82) is 0 Å². The van der Waals surface area contributed by atoms with Gasteiger partial charge in [-0.1, -0.05) is 6.92 Å². The molecule has 3 rings (SSSR count). The minimum atomic E-state index is -1.53. The maximum absolute atomic E-state index is 13.9. The van der Waals surface area contributed by atoms with Crippen LogP contribution in [0, 0.1) is 5.92 Å². The largest absolute Gasteiger partial charge is 0.475 e. The molecule has 0 bridgehead atoms. The first-order valence-corrected chi connectivity index (χ1v) is 8.29. The Bertz CT molecular complexity index is 871. The summed E-state index contributed by atoms with van der Waals surface area (Å²) in [7, 11) is 0. The molecule has 26 heavy (non-hydrogen) atoms. The average molecular weight is 358 g/mol. The second kappa shape index (κ2) is 7.47. The Morgan fingerprint density at radius 3 is 2.96 bits per heavy atom. The van der Waals surface area contributed by atoms with Gasteiger partial charge in [0.25, 0.3) is 5.91 Å². The molecule has 1 aliphatic heterocycles. The first-order chi connectivity index (χ1) is 12.6. The van der Waals surface area contributed by atoms with Crippen molar-refractivity contribution in [3.63, 3.8) is 0 Å². The molecule has 1 fully saturated rings. The van der Waals surface area contributed by atoms with E-state index in [-0.39, 0.29) is 18.2 Å². The number of amides is 1. The van der Waals surface area contributed by atoms with Gasteiger partial charge >= 0.3 is 0 Å². The summed E-state index contributed by atoms with van der Waals surface area (Å²) in [4.78, 5) is 31.1. The molecule has 0 aromatic carbocycles. The third-order valence-electron chi connectivity index (χ3n) is 4.47. The number of nitrogens with two attached hydrogens (primary N) is 1. The molecular weight excluding hydrogens is 339 g/mol. The van der Waals surface area contributed by atoms with Crippen LogP contribution in [0.3, 0.4) is 0 Å². The number of pyridine rings is 2. The Morgan fingerprint density at radius 2 is 2.27 bits per heavy atom. The highest BCUT2D eigenvalue weighted by Crippen LogP contribution is 2.29. The van der Waals surface area contributed by atoms with Crippen LogP contribution in [-0.2, 0) is 4.79 Å². The highest BCUT2D eigenvalue weighted by Gasteiger charge is 2.41. The summed E-state index contributed by atoms with van der Waals surface area (Å²) in [6.45, 7) is 1.91. The number of aldehydes is 1. The molecule has 3 atom stereocenters. The summed E-state index contributed by atoms with van der Waals surface area (Å²) in [6.07, 6.45) is 4.04. The normalized spacial score (nSPS) is 22.7. The Balaban J connectivity index is 1.93. The SMILES string of the molecule is CCC1C(COc2nccc3cc(C=O)nc(C=CN)c23)NC(=O)C1F. The Labute approximate surface area is 149 Å². The van der Waals surface area contributed by atoms with Gasteiger partial charge in [-0.15, -0.1) is 0 Å². The zero-order valence-corrected chi connectivity index (χ0v) is 14.2. The molecule has 8 heteroatoms. The summed E-state index contributed by atoms with van der Waals surface area (Å²) in [5.41, 5.74) is 6.18. The minimum Gasteiger partial charge on any atom is -0.475 e. The predicted octanol–water partition coefficient (Wildman–Crippen LogP) is 1.61. The van der Waals surface area contributed by atoms with Gasteiger partial charge in [-0.25, -0.2) is 14.4 Å². The lowest BCUT2D eigenvalue weighted by atomic mass is 9.97. The lowest BCUT2D eigenvalue weighted by Crippen LogP contribution is -2.34. The quantitative estimate of drug-likeness (QED) is 0.760. The Morgan fingerprint density at radius 1 is 1.46 bits per heavy atom. The number of nitrogens with one attached hydrogen (secondary N) is 1. The maximum Gasteiger partial charge on any atom is 0.255 e. The monoisotopic (exact) mass is 358 g/mol. The first-order valence-electron chi connectivity index (χ1n) is 8.29. The van der Waals surface area contributed by atoms with E-state index in [1.54, 1.807) is 24.4 Å². The van der Waals surface area contributed by atoms with Crippen molar-refractivity contribution in [1.82, 2.24) is 15.3 Å². The number of aromatic nitrogens is 2. The molecule has 0 radical (unpaired) electrons. The van der Waals surface area contributed by atoms with Crippen molar-refractivity contribution in [2.24, 2.45) is 11.7 Å². The second-order valence-electron chi connectivity index (χ2n) is 6.02. The Kier molecular flexibility index (Phi) is 5.11. The number of nitrogens with zero attached hydrogens (tertiary/aromatic N) is 2. The predicted molar refractivity (Wildman–Crippen MR) is 94.2 cm³/mol. The van der Waals surface area contributed by atoms with E-state index in [4.69, 9.17) is 10.5 Å². The number of ether oxygens (including phenoxy) is 1. The van der Waals surface area contributed by atoms with Crippen LogP contribution in [0.4, 0.5) is 4.39 Å². The molecule has 7 nitrogen and oxygen atoms in total. The number of hydrogen-bond donors (Lipinski definition) is 2. The number of hydrogen-bond acceptors (Lipinski definition) is 6. The van der Waals surface area contributed by atoms with E-state index in [2.05, 4.69) is 15.3 Å². The van der Waals surface area contributed by atoms with Crippen LogP contribution in [-0.4, -0.2) is 41.0 Å². The van der Waals surface area contributed by atoms with Gasteiger partial charge in [0.15, 0.2) is 12.5 Å². The van der Waals surface area contributed by atoms with Gasteiger partial charge in [0, 0.05) is 12.1 Å². The molecule has 2 aromatic heterocycles. The van der Waals surface area contributed by atoms with Gasteiger partial charge in [0.2, 0.25) is 5.88 Å². The van der Waals surface area contributed by atoms with Crippen molar-refractivity contribution in [3.8, 4) is 5.88 Å². The molecule has 136 valence electrons. The van der Waals surface area contributed by atoms with E-state index >= 15 is 0 Å². The van der Waals surface area contributed by atoms with E-state index in [0.717, 1.165) is 0 Å². The molecule has 1 amide bonds. The van der Waals surface area contributed by atoms with Crippen molar-refractivity contribution >= 4 is 29.0 Å². The first kappa shape index (κ1) is 17.8. The van der Waals surface area contributed by atoms with Gasteiger partial charge < -0.3 is 15.8 Å². The van der Waals surface area contributed by atoms with E-state index in [0.29, 0.717) is 29.2 Å². The third-order valence-corrected chi connectivity index (χ3v) is 4.47. The van der Waals surface area contributed by atoms with Crippen molar-refractivity contribution in [2.45, 2.75) is 25.6 Å². The molecular formula is C18H19FN4O3. The standard InChI is InChI=1S/C18H19FN4O3/c1-2-12-14(23-17(25)16(12)19)9-26-18-15-10(4-6-21-18)7-11(8-24)22-13(15)3-5-20/h3-8,12,14,16H,2,9,20H2,1H3,(H,23,25). The van der Waals surface area contributed by atoms with E-state index in [1.165, 1.54) is 6.20 Å². The van der Waals surface area contributed by atoms with Crippen LogP contribution >= 0.6 is 0 Å². The molecule has 1 saturated heterocycles. The average Bonchev–Trinajstić information content (AvgIpc) is 2.93. The summed E-state index contributed by atoms with van der Waals surface area (Å²) < 4.78 is 19.7. The minimum absolute atomic E-state index is 0.0813. The Hall–Kier alpha value is -3.03. The maximum atomic E-state index is 13.9. The summed E-state index contributed by atoms with van der Waals surface area (Å²) in [5, 5.41) is 3.92. The molecule has 0 saturated carbocycles. The fraction of sp³-hybridized carbons (Fsp3) is 0.333. The fourth-order valence-corrected chi connectivity index (χ4v) is 3.20.